The van der Waals surface area contributed by atoms with Gasteiger partial charge in [0.2, 0.25) is 0 Å². The maximum absolute atomic E-state index is 12.4. The third kappa shape index (κ3) is 6.42. The fraction of sp³-hybridized carbons (Fsp3) is 0.333. The second kappa shape index (κ2) is 9.73. The molecular weight excluding hydrogens is 340 g/mol. The van der Waals surface area contributed by atoms with E-state index in [2.05, 4.69) is 15.5 Å². The van der Waals surface area contributed by atoms with Crippen molar-refractivity contribution in [2.24, 2.45) is 0 Å². The van der Waals surface area contributed by atoms with Gasteiger partial charge in [-0.05, 0) is 75.6 Å². The van der Waals surface area contributed by atoms with E-state index in [-0.39, 0.29) is 11.8 Å². The zero-order valence-electron chi connectivity index (χ0n) is 16.5. The van der Waals surface area contributed by atoms with Crippen LogP contribution in [0.3, 0.4) is 0 Å². The summed E-state index contributed by atoms with van der Waals surface area (Å²) in [4.78, 5) is 28.6. The van der Waals surface area contributed by atoms with E-state index in [1.165, 1.54) is 0 Å². The minimum absolute atomic E-state index is 0.125. The van der Waals surface area contributed by atoms with Gasteiger partial charge in [0.05, 0.1) is 0 Å². The summed E-state index contributed by atoms with van der Waals surface area (Å²) in [6.07, 6.45) is 0.895. The van der Waals surface area contributed by atoms with Gasteiger partial charge >= 0.3 is 0 Å². The highest BCUT2D eigenvalue weighted by molar-refractivity contribution is 6.05. The van der Waals surface area contributed by atoms with Crippen LogP contribution in [0.25, 0.3) is 0 Å². The van der Waals surface area contributed by atoms with Gasteiger partial charge in [0, 0.05) is 43.1 Å². The molecule has 0 saturated carbocycles. The van der Waals surface area contributed by atoms with E-state index in [0.717, 1.165) is 24.3 Å². The molecule has 144 valence electrons. The fourth-order valence-electron chi connectivity index (χ4n) is 2.52. The smallest absolute Gasteiger partial charge is 0.255 e. The minimum Gasteiger partial charge on any atom is -0.378 e. The molecule has 6 nitrogen and oxygen atoms in total. The van der Waals surface area contributed by atoms with E-state index in [0.29, 0.717) is 17.7 Å². The Hall–Kier alpha value is -2.86. The van der Waals surface area contributed by atoms with E-state index in [9.17, 15) is 9.59 Å². The van der Waals surface area contributed by atoms with Crippen molar-refractivity contribution >= 4 is 23.2 Å². The number of amides is 2. The predicted octanol–water partition coefficient (Wildman–Crippen LogP) is 2.69. The van der Waals surface area contributed by atoms with Gasteiger partial charge in [-0.15, -0.1) is 0 Å². The number of nitrogens with zero attached hydrogens (tertiary/aromatic N) is 2. The maximum Gasteiger partial charge on any atom is 0.255 e. The van der Waals surface area contributed by atoms with Crippen LogP contribution in [0.4, 0.5) is 11.4 Å². The number of carbonyl (C=O) groups excluding carboxylic acids is 2. The molecular formula is C21H28N4O2. The lowest BCUT2D eigenvalue weighted by Crippen LogP contribution is -2.27. The van der Waals surface area contributed by atoms with Crippen molar-refractivity contribution in [3.05, 3.63) is 59.7 Å². The van der Waals surface area contributed by atoms with Crippen molar-refractivity contribution in [1.82, 2.24) is 10.2 Å². The summed E-state index contributed by atoms with van der Waals surface area (Å²) in [5.41, 5.74) is 2.85. The Morgan fingerprint density at radius 3 is 1.89 bits per heavy atom. The lowest BCUT2D eigenvalue weighted by atomic mass is 10.1. The van der Waals surface area contributed by atoms with Crippen LogP contribution >= 0.6 is 0 Å². The molecule has 2 aromatic carbocycles. The summed E-state index contributed by atoms with van der Waals surface area (Å²) in [5, 5.41) is 5.75. The molecule has 0 aliphatic rings. The van der Waals surface area contributed by atoms with Gasteiger partial charge in [-0.2, -0.15) is 0 Å². The van der Waals surface area contributed by atoms with Gasteiger partial charge in [-0.25, -0.2) is 0 Å². The second-order valence-corrected chi connectivity index (χ2v) is 6.89. The Balaban J connectivity index is 1.89. The first kappa shape index (κ1) is 20.5. The van der Waals surface area contributed by atoms with Gasteiger partial charge in [-0.3, -0.25) is 9.59 Å². The molecule has 0 atom stereocenters. The second-order valence-electron chi connectivity index (χ2n) is 6.89. The highest BCUT2D eigenvalue weighted by Crippen LogP contribution is 2.16. The first-order chi connectivity index (χ1) is 12.9. The van der Waals surface area contributed by atoms with E-state index in [1.54, 1.807) is 24.3 Å². The molecule has 0 fully saturated rings. The molecule has 0 unspecified atom stereocenters. The molecule has 0 bridgehead atoms. The number of rotatable bonds is 8. The normalized spacial score (nSPS) is 10.6. The van der Waals surface area contributed by atoms with Crippen LogP contribution in [0.1, 0.15) is 27.1 Å². The number of carbonyl (C=O) groups is 2. The van der Waals surface area contributed by atoms with Gasteiger partial charge in [0.15, 0.2) is 0 Å². The number of hydrogen-bond acceptors (Lipinski definition) is 4. The van der Waals surface area contributed by atoms with E-state index in [1.807, 2.05) is 57.4 Å². The van der Waals surface area contributed by atoms with Gasteiger partial charge in [0.1, 0.15) is 0 Å². The molecule has 0 aliphatic carbocycles. The molecule has 2 aromatic rings. The van der Waals surface area contributed by atoms with Crippen molar-refractivity contribution in [2.75, 3.05) is 51.5 Å². The lowest BCUT2D eigenvalue weighted by Gasteiger charge is -2.13. The van der Waals surface area contributed by atoms with Crippen molar-refractivity contribution < 1.29 is 9.59 Å². The Labute approximate surface area is 161 Å². The molecule has 0 saturated heterocycles. The molecule has 0 aromatic heterocycles. The zero-order chi connectivity index (χ0) is 19.8. The topological polar surface area (TPSA) is 64.7 Å². The van der Waals surface area contributed by atoms with Crippen LogP contribution < -0.4 is 15.5 Å². The predicted molar refractivity (Wildman–Crippen MR) is 111 cm³/mol. The summed E-state index contributed by atoms with van der Waals surface area (Å²) in [6.45, 7) is 1.55. The monoisotopic (exact) mass is 368 g/mol. The van der Waals surface area contributed by atoms with Crippen LogP contribution in [-0.4, -0.2) is 58.0 Å². The molecule has 0 heterocycles. The highest BCUT2D eigenvalue weighted by atomic mass is 16.2. The molecule has 0 spiro atoms. The maximum atomic E-state index is 12.4. The number of hydrogen-bond donors (Lipinski definition) is 2. The average Bonchev–Trinajstić information content (AvgIpc) is 2.65. The van der Waals surface area contributed by atoms with Crippen LogP contribution in [0.2, 0.25) is 0 Å². The summed E-state index contributed by atoms with van der Waals surface area (Å²) >= 11 is 0. The molecule has 0 radical (unpaired) electrons. The van der Waals surface area contributed by atoms with Gasteiger partial charge in [0.25, 0.3) is 11.8 Å². The summed E-state index contributed by atoms with van der Waals surface area (Å²) < 4.78 is 0. The number of nitrogens with one attached hydrogen (secondary N) is 2. The minimum atomic E-state index is -0.203. The molecule has 2 rings (SSSR count). The molecule has 27 heavy (non-hydrogen) atoms. The Kier molecular flexibility index (Phi) is 7.37. The van der Waals surface area contributed by atoms with E-state index < -0.39 is 0 Å². The quantitative estimate of drug-likeness (QED) is 0.703. The fourth-order valence-corrected chi connectivity index (χ4v) is 2.52. The van der Waals surface area contributed by atoms with Crippen molar-refractivity contribution in [2.45, 2.75) is 6.42 Å². The third-order valence-corrected chi connectivity index (χ3v) is 4.12. The average molecular weight is 368 g/mol. The molecule has 6 heteroatoms. The van der Waals surface area contributed by atoms with Crippen LogP contribution in [0.5, 0.6) is 0 Å². The van der Waals surface area contributed by atoms with E-state index in [4.69, 9.17) is 0 Å². The Bertz CT molecular complexity index is 753. The van der Waals surface area contributed by atoms with Gasteiger partial charge < -0.3 is 20.4 Å². The largest absolute Gasteiger partial charge is 0.378 e. The standard InChI is InChI=1S/C21H28N4O2/c1-24(2)15-5-14-22-20(26)16-6-8-17(9-7-16)21(27)23-18-10-12-19(13-11-18)25(3)4/h6-13H,5,14-15H2,1-4H3,(H,22,26)(H,23,27). The first-order valence-corrected chi connectivity index (χ1v) is 8.98. The summed E-state index contributed by atoms with van der Waals surface area (Å²) in [6, 6.07) is 14.3. The van der Waals surface area contributed by atoms with Crippen molar-refractivity contribution in [3.63, 3.8) is 0 Å². The van der Waals surface area contributed by atoms with Crippen LogP contribution in [-0.2, 0) is 0 Å². The summed E-state index contributed by atoms with van der Waals surface area (Å²) in [7, 11) is 7.94. The highest BCUT2D eigenvalue weighted by Gasteiger charge is 2.09. The zero-order valence-corrected chi connectivity index (χ0v) is 16.5. The summed E-state index contributed by atoms with van der Waals surface area (Å²) in [5.74, 6) is -0.328. The number of benzene rings is 2. The first-order valence-electron chi connectivity index (χ1n) is 8.98. The lowest BCUT2D eigenvalue weighted by molar-refractivity contribution is 0.0950. The van der Waals surface area contributed by atoms with Crippen LogP contribution in [0.15, 0.2) is 48.5 Å². The molecule has 0 aliphatic heterocycles. The number of anilines is 2. The Morgan fingerprint density at radius 1 is 0.815 bits per heavy atom. The Morgan fingerprint density at radius 2 is 1.37 bits per heavy atom. The van der Waals surface area contributed by atoms with Crippen LogP contribution in [0, 0.1) is 0 Å². The molecule has 2 N–H and O–H groups in total. The van der Waals surface area contributed by atoms with Crippen molar-refractivity contribution in [3.8, 4) is 0 Å². The van der Waals surface area contributed by atoms with Crippen molar-refractivity contribution in [1.29, 1.82) is 0 Å². The van der Waals surface area contributed by atoms with E-state index >= 15 is 0 Å². The van der Waals surface area contributed by atoms with Gasteiger partial charge in [-0.1, -0.05) is 0 Å². The third-order valence-electron chi connectivity index (χ3n) is 4.12. The SMILES string of the molecule is CN(C)CCCNC(=O)c1ccc(C(=O)Nc2ccc(N(C)C)cc2)cc1. The molecule has 2 amide bonds.